The molecule has 0 radical (unpaired) electrons. The van der Waals surface area contributed by atoms with Gasteiger partial charge >= 0.3 is 0 Å². The third-order valence-corrected chi connectivity index (χ3v) is 2.52. The van der Waals surface area contributed by atoms with Gasteiger partial charge < -0.3 is 10.1 Å². The van der Waals surface area contributed by atoms with Gasteiger partial charge in [0, 0.05) is 12.4 Å². The number of thiophene rings is 1. The number of alkyl halides is 1. The van der Waals surface area contributed by atoms with Crippen molar-refractivity contribution >= 4 is 28.8 Å². The highest BCUT2D eigenvalue weighted by atomic mass is 35.5. The van der Waals surface area contributed by atoms with Crippen LogP contribution in [0.25, 0.3) is 0 Å². The van der Waals surface area contributed by atoms with E-state index in [-0.39, 0.29) is 5.91 Å². The van der Waals surface area contributed by atoms with E-state index >= 15 is 0 Å². The van der Waals surface area contributed by atoms with Gasteiger partial charge in [-0.15, -0.1) is 22.9 Å². The molecule has 0 bridgehead atoms. The number of carbonyl (C=O) groups is 1. The Labute approximate surface area is 92.0 Å². The summed E-state index contributed by atoms with van der Waals surface area (Å²) >= 11 is 6.84. The lowest BCUT2D eigenvalue weighted by atomic mass is 10.4. The van der Waals surface area contributed by atoms with Crippen molar-refractivity contribution in [3.63, 3.8) is 0 Å². The van der Waals surface area contributed by atoms with Gasteiger partial charge in [-0.25, -0.2) is 0 Å². The van der Waals surface area contributed by atoms with Gasteiger partial charge in [-0.1, -0.05) is 6.07 Å². The third kappa shape index (κ3) is 4.09. The highest BCUT2D eigenvalue weighted by molar-refractivity contribution is 7.12. The summed E-state index contributed by atoms with van der Waals surface area (Å²) in [5.41, 5.74) is 0. The monoisotopic (exact) mass is 233 g/mol. The number of nitrogens with one attached hydrogen (secondary N) is 1. The molecular formula is C9H12ClNO2S. The fraction of sp³-hybridized carbons (Fsp3) is 0.444. The molecule has 0 saturated carbocycles. The van der Waals surface area contributed by atoms with Crippen LogP contribution in [0.15, 0.2) is 17.5 Å². The molecule has 1 aromatic heterocycles. The van der Waals surface area contributed by atoms with Gasteiger partial charge in [0.25, 0.3) is 5.91 Å². The second-order valence-corrected chi connectivity index (χ2v) is 3.86. The van der Waals surface area contributed by atoms with Gasteiger partial charge in [0.2, 0.25) is 0 Å². The van der Waals surface area contributed by atoms with Crippen molar-refractivity contribution in [2.24, 2.45) is 0 Å². The molecular weight excluding hydrogens is 222 g/mol. The summed E-state index contributed by atoms with van der Waals surface area (Å²) in [5, 5.41) is 4.62. The largest absolute Gasteiger partial charge is 0.378 e. The summed E-state index contributed by atoms with van der Waals surface area (Å²) in [7, 11) is 0. The molecule has 5 heteroatoms. The average Bonchev–Trinajstić information content (AvgIpc) is 2.70. The van der Waals surface area contributed by atoms with Crippen LogP contribution in [0.2, 0.25) is 0 Å². The van der Waals surface area contributed by atoms with E-state index in [0.29, 0.717) is 25.6 Å². The maximum atomic E-state index is 11.4. The number of rotatable bonds is 6. The van der Waals surface area contributed by atoms with Crippen molar-refractivity contribution in [1.29, 1.82) is 0 Å². The second kappa shape index (κ2) is 6.81. The fourth-order valence-corrected chi connectivity index (χ4v) is 1.64. The number of hydrogen-bond donors (Lipinski definition) is 1. The molecule has 78 valence electrons. The Balaban J connectivity index is 2.10. The minimum atomic E-state index is -0.0468. The van der Waals surface area contributed by atoms with Crippen molar-refractivity contribution in [2.45, 2.75) is 0 Å². The Bertz CT molecular complexity index is 264. The van der Waals surface area contributed by atoms with Gasteiger partial charge in [0.1, 0.15) is 0 Å². The topological polar surface area (TPSA) is 38.3 Å². The normalized spacial score (nSPS) is 10.1. The minimum Gasteiger partial charge on any atom is -0.378 e. The quantitative estimate of drug-likeness (QED) is 0.600. The number of hydrogen-bond acceptors (Lipinski definition) is 3. The van der Waals surface area contributed by atoms with E-state index in [2.05, 4.69) is 5.32 Å². The van der Waals surface area contributed by atoms with E-state index in [1.54, 1.807) is 6.07 Å². The SMILES string of the molecule is O=C(NCCOCCCl)c1cccs1. The molecule has 1 heterocycles. The lowest BCUT2D eigenvalue weighted by Gasteiger charge is -2.03. The van der Waals surface area contributed by atoms with E-state index < -0.39 is 0 Å². The zero-order valence-corrected chi connectivity index (χ0v) is 9.24. The molecule has 1 amide bonds. The molecule has 0 aromatic carbocycles. The molecule has 0 fully saturated rings. The Morgan fingerprint density at radius 3 is 3.07 bits per heavy atom. The zero-order valence-electron chi connectivity index (χ0n) is 7.66. The van der Waals surface area contributed by atoms with Crippen LogP contribution >= 0.6 is 22.9 Å². The van der Waals surface area contributed by atoms with E-state index in [1.165, 1.54) is 11.3 Å². The van der Waals surface area contributed by atoms with Crippen LogP contribution in [0, 0.1) is 0 Å². The number of carbonyl (C=O) groups excluding carboxylic acids is 1. The Hall–Kier alpha value is -0.580. The first kappa shape index (κ1) is 11.5. The predicted molar refractivity (Wildman–Crippen MR) is 58.2 cm³/mol. The van der Waals surface area contributed by atoms with E-state index in [1.807, 2.05) is 11.4 Å². The smallest absolute Gasteiger partial charge is 0.261 e. The summed E-state index contributed by atoms with van der Waals surface area (Å²) < 4.78 is 5.11. The molecule has 0 spiro atoms. The molecule has 3 nitrogen and oxygen atoms in total. The lowest BCUT2D eigenvalue weighted by Crippen LogP contribution is -2.26. The van der Waals surface area contributed by atoms with E-state index in [9.17, 15) is 4.79 Å². The summed E-state index contributed by atoms with van der Waals surface area (Å²) in [6.45, 7) is 1.55. The third-order valence-electron chi connectivity index (χ3n) is 1.50. The molecule has 1 aromatic rings. The molecule has 0 aliphatic heterocycles. The molecule has 0 unspecified atom stereocenters. The van der Waals surface area contributed by atoms with Crippen molar-refractivity contribution in [1.82, 2.24) is 5.32 Å². The van der Waals surface area contributed by atoms with Crippen molar-refractivity contribution in [3.8, 4) is 0 Å². The Kier molecular flexibility index (Phi) is 5.59. The number of ether oxygens (including phenoxy) is 1. The van der Waals surface area contributed by atoms with Gasteiger partial charge in [-0.05, 0) is 11.4 Å². The van der Waals surface area contributed by atoms with Crippen LogP contribution in [0.4, 0.5) is 0 Å². The van der Waals surface area contributed by atoms with Gasteiger partial charge in [-0.2, -0.15) is 0 Å². The molecule has 0 atom stereocenters. The summed E-state index contributed by atoms with van der Waals surface area (Å²) in [6, 6.07) is 3.64. The molecule has 0 aliphatic carbocycles. The first-order valence-corrected chi connectivity index (χ1v) is 5.71. The highest BCUT2D eigenvalue weighted by Crippen LogP contribution is 2.07. The van der Waals surface area contributed by atoms with Crippen LogP contribution in [-0.4, -0.2) is 31.5 Å². The Morgan fingerprint density at radius 2 is 2.43 bits per heavy atom. The maximum Gasteiger partial charge on any atom is 0.261 e. The summed E-state index contributed by atoms with van der Waals surface area (Å²) in [4.78, 5) is 12.1. The van der Waals surface area contributed by atoms with Crippen LogP contribution in [0.3, 0.4) is 0 Å². The second-order valence-electron chi connectivity index (χ2n) is 2.53. The van der Waals surface area contributed by atoms with Gasteiger partial charge in [-0.3, -0.25) is 4.79 Å². The predicted octanol–water partition coefficient (Wildman–Crippen LogP) is 1.73. The minimum absolute atomic E-state index is 0.0468. The maximum absolute atomic E-state index is 11.4. The first-order valence-electron chi connectivity index (χ1n) is 4.30. The molecule has 1 N–H and O–H groups in total. The fourth-order valence-electron chi connectivity index (χ4n) is 0.888. The molecule has 0 saturated heterocycles. The molecule has 0 aliphatic rings. The molecule has 1 rings (SSSR count). The van der Waals surface area contributed by atoms with Crippen LogP contribution in [0.5, 0.6) is 0 Å². The number of halogens is 1. The molecule has 14 heavy (non-hydrogen) atoms. The summed E-state index contributed by atoms with van der Waals surface area (Å²) in [6.07, 6.45) is 0. The van der Waals surface area contributed by atoms with Crippen LogP contribution < -0.4 is 5.32 Å². The van der Waals surface area contributed by atoms with Gasteiger partial charge in [0.05, 0.1) is 18.1 Å². The van der Waals surface area contributed by atoms with Crippen LogP contribution in [-0.2, 0) is 4.74 Å². The van der Waals surface area contributed by atoms with Crippen molar-refractivity contribution in [3.05, 3.63) is 22.4 Å². The standard InChI is InChI=1S/C9H12ClNO2S/c10-3-5-13-6-4-11-9(12)8-2-1-7-14-8/h1-2,7H,3-6H2,(H,11,12). The lowest BCUT2D eigenvalue weighted by molar-refractivity contribution is 0.0927. The highest BCUT2D eigenvalue weighted by Gasteiger charge is 2.04. The number of amides is 1. The van der Waals surface area contributed by atoms with E-state index in [0.717, 1.165) is 4.88 Å². The Morgan fingerprint density at radius 1 is 1.57 bits per heavy atom. The first-order chi connectivity index (χ1) is 6.84. The zero-order chi connectivity index (χ0) is 10.2. The summed E-state index contributed by atoms with van der Waals surface area (Å²) in [5.74, 6) is 0.438. The van der Waals surface area contributed by atoms with Crippen LogP contribution in [0.1, 0.15) is 9.67 Å². The van der Waals surface area contributed by atoms with E-state index in [4.69, 9.17) is 16.3 Å². The average molecular weight is 234 g/mol. The van der Waals surface area contributed by atoms with Crippen molar-refractivity contribution in [2.75, 3.05) is 25.6 Å². The van der Waals surface area contributed by atoms with Crippen molar-refractivity contribution < 1.29 is 9.53 Å². The van der Waals surface area contributed by atoms with Gasteiger partial charge in [0.15, 0.2) is 0 Å².